The number of carbonyl (C=O) groups excluding carboxylic acids is 1. The van der Waals surface area contributed by atoms with Crippen LogP contribution < -0.4 is 5.32 Å². The van der Waals surface area contributed by atoms with Gasteiger partial charge in [-0.05, 0) is 44.2 Å². The number of pyridine rings is 1. The summed E-state index contributed by atoms with van der Waals surface area (Å²) >= 11 is 0. The molecule has 2 aromatic heterocycles. The fourth-order valence-corrected chi connectivity index (χ4v) is 2.33. The van der Waals surface area contributed by atoms with Crippen LogP contribution in [-0.2, 0) is 6.54 Å². The summed E-state index contributed by atoms with van der Waals surface area (Å²) in [5.74, 6) is -0.164. The Hall–Kier alpha value is -2.69. The molecule has 5 nitrogen and oxygen atoms in total. The number of amides is 1. The van der Waals surface area contributed by atoms with Gasteiger partial charge < -0.3 is 5.32 Å². The summed E-state index contributed by atoms with van der Waals surface area (Å²) in [5.41, 5.74) is 3.13. The number of anilines is 1. The molecule has 0 aliphatic carbocycles. The number of aryl methyl sites for hydroxylation is 2. The Balaban J connectivity index is 1.97. The van der Waals surface area contributed by atoms with Gasteiger partial charge in [0.1, 0.15) is 5.69 Å². The van der Waals surface area contributed by atoms with Gasteiger partial charge in [0, 0.05) is 23.8 Å². The van der Waals surface area contributed by atoms with Gasteiger partial charge in [0.2, 0.25) is 0 Å². The lowest BCUT2D eigenvalue weighted by Gasteiger charge is -2.09. The number of carbonyl (C=O) groups is 1. The van der Waals surface area contributed by atoms with Gasteiger partial charge in [0.05, 0.1) is 11.2 Å². The molecule has 0 aliphatic heterocycles. The van der Waals surface area contributed by atoms with Crippen molar-refractivity contribution >= 4 is 22.5 Å². The molecule has 106 valence electrons. The number of nitrogens with zero attached hydrogens (tertiary/aromatic N) is 3. The molecule has 0 aliphatic rings. The van der Waals surface area contributed by atoms with Crippen LogP contribution in [0.4, 0.5) is 5.69 Å². The minimum absolute atomic E-state index is 0.164. The Kier molecular flexibility index (Phi) is 3.39. The number of hydrogen-bond donors (Lipinski definition) is 1. The van der Waals surface area contributed by atoms with E-state index in [-0.39, 0.29) is 5.91 Å². The van der Waals surface area contributed by atoms with E-state index in [0.29, 0.717) is 12.2 Å². The Bertz CT molecular complexity index is 807. The maximum absolute atomic E-state index is 12.4. The molecule has 1 aromatic carbocycles. The van der Waals surface area contributed by atoms with Gasteiger partial charge in [-0.25, -0.2) is 0 Å². The fraction of sp³-hybridized carbons (Fsp3) is 0.188. The van der Waals surface area contributed by atoms with Gasteiger partial charge in [0.25, 0.3) is 5.91 Å². The van der Waals surface area contributed by atoms with E-state index in [1.807, 2.05) is 44.2 Å². The Morgan fingerprint density at radius 3 is 2.90 bits per heavy atom. The molecule has 0 bridgehead atoms. The van der Waals surface area contributed by atoms with Crippen molar-refractivity contribution in [1.82, 2.24) is 14.8 Å². The van der Waals surface area contributed by atoms with Crippen LogP contribution in [0.15, 0.2) is 42.6 Å². The van der Waals surface area contributed by atoms with Crippen LogP contribution in [0.25, 0.3) is 10.9 Å². The first-order chi connectivity index (χ1) is 10.2. The van der Waals surface area contributed by atoms with Gasteiger partial charge in [0.15, 0.2) is 0 Å². The molecule has 5 heteroatoms. The van der Waals surface area contributed by atoms with Crippen LogP contribution in [0.5, 0.6) is 0 Å². The second kappa shape index (κ2) is 5.36. The number of benzene rings is 1. The number of rotatable bonds is 3. The van der Waals surface area contributed by atoms with E-state index in [1.165, 1.54) is 0 Å². The second-order valence-corrected chi connectivity index (χ2v) is 4.81. The quantitative estimate of drug-likeness (QED) is 0.802. The first-order valence-electron chi connectivity index (χ1n) is 6.88. The van der Waals surface area contributed by atoms with E-state index in [9.17, 15) is 4.79 Å². The third-order valence-electron chi connectivity index (χ3n) is 3.37. The van der Waals surface area contributed by atoms with Gasteiger partial charge in [-0.15, -0.1) is 0 Å². The van der Waals surface area contributed by atoms with E-state index >= 15 is 0 Å². The maximum atomic E-state index is 12.4. The summed E-state index contributed by atoms with van der Waals surface area (Å²) in [7, 11) is 0. The Labute approximate surface area is 122 Å². The number of aromatic nitrogens is 3. The summed E-state index contributed by atoms with van der Waals surface area (Å²) in [5, 5.41) is 7.99. The standard InChI is InChI=1S/C16H16N4O/c1-3-20-15(9-10-17-20)16(21)19-14-6-4-5-13-12(14)8-7-11(2)18-13/h4-10H,3H2,1-2H3,(H,19,21). The monoisotopic (exact) mass is 280 g/mol. The largest absolute Gasteiger partial charge is 0.320 e. The lowest BCUT2D eigenvalue weighted by Crippen LogP contribution is -2.17. The van der Waals surface area contributed by atoms with E-state index in [0.717, 1.165) is 22.3 Å². The van der Waals surface area contributed by atoms with Crippen molar-refractivity contribution in [1.29, 1.82) is 0 Å². The lowest BCUT2D eigenvalue weighted by atomic mass is 10.1. The highest BCUT2D eigenvalue weighted by molar-refractivity contribution is 6.07. The molecule has 0 saturated heterocycles. The normalized spacial score (nSPS) is 10.8. The topological polar surface area (TPSA) is 59.8 Å². The highest BCUT2D eigenvalue weighted by Crippen LogP contribution is 2.22. The summed E-state index contributed by atoms with van der Waals surface area (Å²) < 4.78 is 1.67. The van der Waals surface area contributed by atoms with Crippen molar-refractivity contribution in [3.63, 3.8) is 0 Å². The summed E-state index contributed by atoms with van der Waals surface area (Å²) in [6.45, 7) is 4.56. The van der Waals surface area contributed by atoms with Crippen LogP contribution in [0.2, 0.25) is 0 Å². The summed E-state index contributed by atoms with van der Waals surface area (Å²) in [6, 6.07) is 11.3. The Morgan fingerprint density at radius 2 is 2.10 bits per heavy atom. The highest BCUT2D eigenvalue weighted by Gasteiger charge is 2.12. The van der Waals surface area contributed by atoms with Gasteiger partial charge in [-0.3, -0.25) is 14.5 Å². The van der Waals surface area contributed by atoms with Crippen LogP contribution in [0, 0.1) is 6.92 Å². The van der Waals surface area contributed by atoms with Crippen LogP contribution in [0.3, 0.4) is 0 Å². The third kappa shape index (κ3) is 2.50. The molecule has 3 aromatic rings. The number of hydrogen-bond acceptors (Lipinski definition) is 3. The molecular formula is C16H16N4O. The zero-order chi connectivity index (χ0) is 14.8. The smallest absolute Gasteiger partial charge is 0.273 e. The summed E-state index contributed by atoms with van der Waals surface area (Å²) in [4.78, 5) is 16.8. The van der Waals surface area contributed by atoms with Crippen LogP contribution >= 0.6 is 0 Å². The van der Waals surface area contributed by atoms with Crippen molar-refractivity contribution in [2.45, 2.75) is 20.4 Å². The molecule has 0 fully saturated rings. The SMILES string of the molecule is CCn1nccc1C(=O)Nc1cccc2nc(C)ccc12. The molecular weight excluding hydrogens is 264 g/mol. The highest BCUT2D eigenvalue weighted by atomic mass is 16.2. The molecule has 1 N–H and O–H groups in total. The van der Waals surface area contributed by atoms with Gasteiger partial charge >= 0.3 is 0 Å². The molecule has 0 unspecified atom stereocenters. The number of nitrogens with one attached hydrogen (secondary N) is 1. The molecule has 0 saturated carbocycles. The Morgan fingerprint density at radius 1 is 1.24 bits per heavy atom. The summed E-state index contributed by atoms with van der Waals surface area (Å²) in [6.07, 6.45) is 1.63. The van der Waals surface area contributed by atoms with Gasteiger partial charge in [-0.1, -0.05) is 6.07 Å². The molecule has 0 spiro atoms. The molecule has 0 radical (unpaired) electrons. The van der Waals surface area contributed by atoms with Crippen molar-refractivity contribution in [3.8, 4) is 0 Å². The average molecular weight is 280 g/mol. The average Bonchev–Trinajstić information content (AvgIpc) is 2.95. The predicted octanol–water partition coefficient (Wildman–Crippen LogP) is 3.01. The maximum Gasteiger partial charge on any atom is 0.273 e. The van der Waals surface area contributed by atoms with E-state index in [4.69, 9.17) is 0 Å². The minimum Gasteiger partial charge on any atom is -0.320 e. The molecule has 3 rings (SSSR count). The van der Waals surface area contributed by atoms with Crippen molar-refractivity contribution in [3.05, 3.63) is 54.0 Å². The lowest BCUT2D eigenvalue weighted by molar-refractivity contribution is 0.101. The van der Waals surface area contributed by atoms with Crippen molar-refractivity contribution < 1.29 is 4.79 Å². The first-order valence-corrected chi connectivity index (χ1v) is 6.88. The van der Waals surface area contributed by atoms with E-state index in [1.54, 1.807) is 16.9 Å². The van der Waals surface area contributed by atoms with Crippen LogP contribution in [-0.4, -0.2) is 20.7 Å². The fourth-order valence-electron chi connectivity index (χ4n) is 2.33. The molecule has 0 atom stereocenters. The van der Waals surface area contributed by atoms with Gasteiger partial charge in [-0.2, -0.15) is 5.10 Å². The van der Waals surface area contributed by atoms with E-state index in [2.05, 4.69) is 15.4 Å². The van der Waals surface area contributed by atoms with Crippen LogP contribution in [0.1, 0.15) is 23.1 Å². The molecule has 21 heavy (non-hydrogen) atoms. The first kappa shape index (κ1) is 13.3. The molecule has 2 heterocycles. The van der Waals surface area contributed by atoms with E-state index < -0.39 is 0 Å². The minimum atomic E-state index is -0.164. The molecule has 1 amide bonds. The number of fused-ring (bicyclic) bond motifs is 1. The second-order valence-electron chi connectivity index (χ2n) is 4.81. The predicted molar refractivity (Wildman–Crippen MR) is 82.3 cm³/mol. The van der Waals surface area contributed by atoms with Crippen molar-refractivity contribution in [2.75, 3.05) is 5.32 Å². The van der Waals surface area contributed by atoms with Crippen molar-refractivity contribution in [2.24, 2.45) is 0 Å². The third-order valence-corrected chi connectivity index (χ3v) is 3.37. The zero-order valence-electron chi connectivity index (χ0n) is 12.0. The zero-order valence-corrected chi connectivity index (χ0v) is 12.0.